The minimum Gasteiger partial charge on any atom is -0.381 e. The summed E-state index contributed by atoms with van der Waals surface area (Å²) in [4.78, 5) is 5.91. The fraction of sp³-hybridized carbons (Fsp3) is 0.412. The monoisotopic (exact) mass is 334 g/mol. The summed E-state index contributed by atoms with van der Waals surface area (Å²) < 4.78 is 29.2. The highest BCUT2D eigenvalue weighted by Gasteiger charge is 2.42. The Labute approximate surface area is 139 Å². The van der Waals surface area contributed by atoms with Crippen LogP contribution >= 0.6 is 0 Å². The van der Waals surface area contributed by atoms with E-state index in [2.05, 4.69) is 16.7 Å². The van der Waals surface area contributed by atoms with Crippen LogP contribution in [-0.4, -0.2) is 43.9 Å². The quantitative estimate of drug-likeness (QED) is 0.851. The van der Waals surface area contributed by atoms with E-state index in [0.29, 0.717) is 6.54 Å². The lowest BCUT2D eigenvalue weighted by molar-refractivity contribution is -0.0571. The SMILES string of the molecule is C=C1CCN(C(C)C(O)(Cn2cncn2)c2ccc(F)cc2F)C1. The topological polar surface area (TPSA) is 54.2 Å². The average molecular weight is 334 g/mol. The summed E-state index contributed by atoms with van der Waals surface area (Å²) >= 11 is 0. The summed E-state index contributed by atoms with van der Waals surface area (Å²) in [6, 6.07) is 2.82. The maximum Gasteiger partial charge on any atom is 0.137 e. The molecule has 2 unspecified atom stereocenters. The third-order valence-electron chi connectivity index (χ3n) is 4.69. The molecule has 1 aliphatic heterocycles. The van der Waals surface area contributed by atoms with Crippen molar-refractivity contribution in [3.8, 4) is 0 Å². The zero-order valence-electron chi connectivity index (χ0n) is 13.5. The summed E-state index contributed by atoms with van der Waals surface area (Å²) in [5, 5.41) is 15.4. The van der Waals surface area contributed by atoms with Gasteiger partial charge in [0.05, 0.1) is 6.54 Å². The normalized spacial score (nSPS) is 19.4. The first-order valence-electron chi connectivity index (χ1n) is 7.81. The Bertz CT molecular complexity index is 734. The van der Waals surface area contributed by atoms with Crippen molar-refractivity contribution >= 4 is 0 Å². The zero-order valence-corrected chi connectivity index (χ0v) is 13.5. The molecular formula is C17H20F2N4O. The molecule has 5 nitrogen and oxygen atoms in total. The Balaban J connectivity index is 2.01. The van der Waals surface area contributed by atoms with Gasteiger partial charge in [-0.1, -0.05) is 18.2 Å². The van der Waals surface area contributed by atoms with Gasteiger partial charge < -0.3 is 5.11 Å². The Morgan fingerprint density at radius 1 is 1.42 bits per heavy atom. The van der Waals surface area contributed by atoms with Crippen LogP contribution < -0.4 is 0 Å². The van der Waals surface area contributed by atoms with Gasteiger partial charge in [0.25, 0.3) is 0 Å². The summed E-state index contributed by atoms with van der Waals surface area (Å²) in [7, 11) is 0. The molecule has 3 rings (SSSR count). The third kappa shape index (κ3) is 3.09. The molecule has 1 saturated heterocycles. The van der Waals surface area contributed by atoms with Crippen LogP contribution in [0.15, 0.2) is 43.0 Å². The average Bonchev–Trinajstić information content (AvgIpc) is 3.17. The second kappa shape index (κ2) is 6.41. The van der Waals surface area contributed by atoms with Gasteiger partial charge in [-0.2, -0.15) is 5.10 Å². The van der Waals surface area contributed by atoms with Crippen molar-refractivity contribution in [2.75, 3.05) is 13.1 Å². The predicted molar refractivity (Wildman–Crippen MR) is 85.1 cm³/mol. The van der Waals surface area contributed by atoms with Gasteiger partial charge in [-0.25, -0.2) is 18.4 Å². The van der Waals surface area contributed by atoms with E-state index in [9.17, 15) is 13.9 Å². The first kappa shape index (κ1) is 16.7. The van der Waals surface area contributed by atoms with Crippen molar-refractivity contribution in [3.05, 3.63) is 60.2 Å². The van der Waals surface area contributed by atoms with Crippen LogP contribution in [0, 0.1) is 11.6 Å². The van der Waals surface area contributed by atoms with Crippen LogP contribution in [0.5, 0.6) is 0 Å². The highest BCUT2D eigenvalue weighted by atomic mass is 19.1. The van der Waals surface area contributed by atoms with E-state index in [1.54, 1.807) is 0 Å². The Morgan fingerprint density at radius 3 is 2.79 bits per heavy atom. The molecule has 1 aromatic heterocycles. The van der Waals surface area contributed by atoms with E-state index < -0.39 is 23.3 Å². The van der Waals surface area contributed by atoms with Crippen LogP contribution in [0.1, 0.15) is 18.9 Å². The minimum atomic E-state index is -1.59. The standard InChI is InChI=1S/C17H20F2N4O/c1-12-5-6-22(8-12)13(2)17(24,9-23-11-20-10-21-23)15-4-3-14(18)7-16(15)19/h3-4,7,10-11,13,24H,1,5-6,8-9H2,2H3. The molecule has 2 atom stereocenters. The molecule has 0 aliphatic carbocycles. The second-order valence-corrected chi connectivity index (χ2v) is 6.29. The molecule has 2 aromatic rings. The van der Waals surface area contributed by atoms with Crippen LogP contribution in [0.2, 0.25) is 0 Å². The van der Waals surface area contributed by atoms with E-state index in [-0.39, 0.29) is 12.1 Å². The highest BCUT2D eigenvalue weighted by Crippen LogP contribution is 2.34. The Kier molecular flexibility index (Phi) is 4.47. The van der Waals surface area contributed by atoms with Gasteiger partial charge in [0.1, 0.15) is 29.9 Å². The highest BCUT2D eigenvalue weighted by molar-refractivity contribution is 5.27. The lowest BCUT2D eigenvalue weighted by Gasteiger charge is -2.39. The smallest absolute Gasteiger partial charge is 0.137 e. The fourth-order valence-corrected chi connectivity index (χ4v) is 3.22. The van der Waals surface area contributed by atoms with Crippen LogP contribution in [0.3, 0.4) is 0 Å². The number of nitrogens with zero attached hydrogens (tertiary/aromatic N) is 4. The van der Waals surface area contributed by atoms with Crippen LogP contribution in [0.4, 0.5) is 8.78 Å². The second-order valence-electron chi connectivity index (χ2n) is 6.29. The zero-order chi connectivity index (χ0) is 17.3. The maximum atomic E-state index is 14.4. The van der Waals surface area contributed by atoms with Crippen molar-refractivity contribution < 1.29 is 13.9 Å². The van der Waals surface area contributed by atoms with E-state index in [1.807, 2.05) is 11.8 Å². The molecule has 0 spiro atoms. The number of aliphatic hydroxyl groups is 1. The number of hydrogen-bond acceptors (Lipinski definition) is 4. The summed E-state index contributed by atoms with van der Waals surface area (Å²) in [6.45, 7) is 7.20. The van der Waals surface area contributed by atoms with E-state index in [0.717, 1.165) is 30.7 Å². The van der Waals surface area contributed by atoms with Crippen LogP contribution in [0.25, 0.3) is 0 Å². The number of rotatable bonds is 5. The van der Waals surface area contributed by atoms with Crippen molar-refractivity contribution in [1.29, 1.82) is 0 Å². The third-order valence-corrected chi connectivity index (χ3v) is 4.69. The van der Waals surface area contributed by atoms with Gasteiger partial charge in [0.2, 0.25) is 0 Å². The van der Waals surface area contributed by atoms with E-state index >= 15 is 0 Å². The van der Waals surface area contributed by atoms with Gasteiger partial charge in [0.15, 0.2) is 0 Å². The van der Waals surface area contributed by atoms with Crippen molar-refractivity contribution in [2.45, 2.75) is 31.5 Å². The van der Waals surface area contributed by atoms with Gasteiger partial charge in [0, 0.05) is 30.8 Å². The number of likely N-dealkylation sites (tertiary alicyclic amines) is 1. The molecule has 24 heavy (non-hydrogen) atoms. The summed E-state index contributed by atoms with van der Waals surface area (Å²) in [5.41, 5.74) is -0.468. The molecule has 0 saturated carbocycles. The molecule has 0 bridgehead atoms. The lowest BCUT2D eigenvalue weighted by Crippen LogP contribution is -2.51. The molecule has 0 radical (unpaired) electrons. The summed E-state index contributed by atoms with van der Waals surface area (Å²) in [5.74, 6) is -1.45. The number of halogens is 2. The number of hydrogen-bond donors (Lipinski definition) is 1. The number of benzene rings is 1. The molecule has 0 amide bonds. The molecule has 1 fully saturated rings. The first-order valence-corrected chi connectivity index (χ1v) is 7.81. The molecule has 1 aliphatic rings. The molecule has 128 valence electrons. The van der Waals surface area contributed by atoms with Crippen molar-refractivity contribution in [1.82, 2.24) is 19.7 Å². The largest absolute Gasteiger partial charge is 0.381 e. The molecular weight excluding hydrogens is 314 g/mol. The maximum absolute atomic E-state index is 14.4. The first-order chi connectivity index (χ1) is 11.4. The molecule has 2 heterocycles. The minimum absolute atomic E-state index is 0.0136. The number of aromatic nitrogens is 3. The van der Waals surface area contributed by atoms with E-state index in [1.165, 1.54) is 23.4 Å². The summed E-state index contributed by atoms with van der Waals surface area (Å²) in [6.07, 6.45) is 3.65. The Morgan fingerprint density at radius 2 is 2.21 bits per heavy atom. The van der Waals surface area contributed by atoms with Gasteiger partial charge in [-0.05, 0) is 19.4 Å². The van der Waals surface area contributed by atoms with Gasteiger partial charge in [-0.3, -0.25) is 4.90 Å². The molecule has 1 N–H and O–H groups in total. The van der Waals surface area contributed by atoms with Crippen molar-refractivity contribution in [2.24, 2.45) is 0 Å². The molecule has 7 heteroatoms. The van der Waals surface area contributed by atoms with Crippen LogP contribution in [-0.2, 0) is 12.1 Å². The van der Waals surface area contributed by atoms with E-state index in [4.69, 9.17) is 0 Å². The fourth-order valence-electron chi connectivity index (χ4n) is 3.22. The van der Waals surface area contributed by atoms with Gasteiger partial charge >= 0.3 is 0 Å². The lowest BCUT2D eigenvalue weighted by atomic mass is 9.85. The Hall–Kier alpha value is -2.12. The predicted octanol–water partition coefficient (Wildman–Crippen LogP) is 2.09. The van der Waals surface area contributed by atoms with Crippen molar-refractivity contribution in [3.63, 3.8) is 0 Å². The molecule has 1 aromatic carbocycles. The van der Waals surface area contributed by atoms with Gasteiger partial charge in [-0.15, -0.1) is 0 Å².